The molecule has 4 heteroatoms. The van der Waals surface area contributed by atoms with E-state index >= 15 is 0 Å². The average Bonchev–Trinajstić information content (AvgIpc) is 3.02. The minimum Gasteiger partial charge on any atom is -0.493 e. The molecule has 1 aromatic heterocycles. The fraction of sp³-hybridized carbons (Fsp3) is 0.0526. The van der Waals surface area contributed by atoms with Crippen LogP contribution in [-0.4, -0.2) is 12.9 Å². The van der Waals surface area contributed by atoms with Gasteiger partial charge in [-0.2, -0.15) is 5.26 Å². The molecule has 0 amide bonds. The highest BCUT2D eigenvalue weighted by Gasteiger charge is 2.14. The molecule has 112 valence electrons. The Labute approximate surface area is 133 Å². The molecule has 0 spiro atoms. The predicted octanol–water partition coefficient (Wildman–Crippen LogP) is 4.23. The number of para-hydroxylation sites is 1. The number of ether oxygens (including phenoxy) is 1. The number of hydrogen-bond donors (Lipinski definition) is 0. The predicted molar refractivity (Wildman–Crippen MR) is 87.1 cm³/mol. The van der Waals surface area contributed by atoms with Crippen LogP contribution in [0.3, 0.4) is 0 Å². The van der Waals surface area contributed by atoms with Gasteiger partial charge >= 0.3 is 0 Å². The Morgan fingerprint density at radius 1 is 1.17 bits per heavy atom. The maximum absolute atomic E-state index is 12.4. The summed E-state index contributed by atoms with van der Waals surface area (Å²) in [6.45, 7) is 0. The Kier molecular flexibility index (Phi) is 3.94. The molecule has 0 fully saturated rings. The summed E-state index contributed by atoms with van der Waals surface area (Å²) in [5.41, 5.74) is 1.08. The summed E-state index contributed by atoms with van der Waals surface area (Å²) >= 11 is 0. The number of Topliss-reactive ketones (excluding diaryl/α,β-unsaturated/α-hetero) is 1. The summed E-state index contributed by atoms with van der Waals surface area (Å²) in [6, 6.07) is 17.9. The van der Waals surface area contributed by atoms with Crippen LogP contribution < -0.4 is 4.74 Å². The van der Waals surface area contributed by atoms with Gasteiger partial charge in [-0.1, -0.05) is 42.5 Å². The van der Waals surface area contributed by atoms with Gasteiger partial charge in [0.2, 0.25) is 5.78 Å². The van der Waals surface area contributed by atoms with Gasteiger partial charge < -0.3 is 9.15 Å². The molecule has 23 heavy (non-hydrogen) atoms. The van der Waals surface area contributed by atoms with Crippen LogP contribution in [0.5, 0.6) is 5.75 Å². The first kappa shape index (κ1) is 14.6. The monoisotopic (exact) mass is 303 g/mol. The van der Waals surface area contributed by atoms with Crippen molar-refractivity contribution >= 4 is 22.8 Å². The van der Waals surface area contributed by atoms with E-state index in [-0.39, 0.29) is 11.4 Å². The zero-order valence-corrected chi connectivity index (χ0v) is 12.4. The summed E-state index contributed by atoms with van der Waals surface area (Å²) in [7, 11) is 1.56. The molecule has 3 aromatic rings. The van der Waals surface area contributed by atoms with Crippen LogP contribution in [-0.2, 0) is 0 Å². The van der Waals surface area contributed by atoms with Crippen LogP contribution in [0.25, 0.3) is 17.0 Å². The molecular formula is C19H13NO3. The number of rotatable bonds is 4. The van der Waals surface area contributed by atoms with E-state index in [4.69, 9.17) is 9.15 Å². The number of ketones is 1. The highest BCUT2D eigenvalue weighted by Crippen LogP contribution is 2.29. The van der Waals surface area contributed by atoms with Crippen molar-refractivity contribution in [3.05, 3.63) is 71.5 Å². The lowest BCUT2D eigenvalue weighted by atomic mass is 10.0. The molecule has 1 heterocycles. The number of allylic oxidation sites excluding steroid dienone is 1. The Morgan fingerprint density at radius 3 is 2.65 bits per heavy atom. The van der Waals surface area contributed by atoms with Gasteiger partial charge in [0.25, 0.3) is 0 Å². The number of furan rings is 1. The van der Waals surface area contributed by atoms with Crippen molar-refractivity contribution in [1.82, 2.24) is 0 Å². The SMILES string of the molecule is COc1cccc2cc(C=C(C#N)C(=O)c3ccccc3)oc12. The van der Waals surface area contributed by atoms with E-state index < -0.39 is 0 Å². The first-order valence-corrected chi connectivity index (χ1v) is 7.01. The molecule has 0 aliphatic carbocycles. The Hall–Kier alpha value is -3.32. The van der Waals surface area contributed by atoms with Crippen LogP contribution in [0.1, 0.15) is 16.1 Å². The molecule has 0 saturated carbocycles. The molecular weight excluding hydrogens is 290 g/mol. The standard InChI is InChI=1S/C19H13NO3/c1-22-17-9-5-8-14-10-16(23-19(14)17)11-15(12-20)18(21)13-6-3-2-4-7-13/h2-11H,1H3. The molecule has 0 unspecified atom stereocenters. The fourth-order valence-corrected chi connectivity index (χ4v) is 2.32. The van der Waals surface area contributed by atoms with Crippen LogP contribution in [0.2, 0.25) is 0 Å². The number of nitrogens with zero attached hydrogens (tertiary/aromatic N) is 1. The van der Waals surface area contributed by atoms with Crippen molar-refractivity contribution < 1.29 is 13.9 Å². The van der Waals surface area contributed by atoms with E-state index in [1.807, 2.05) is 24.3 Å². The number of benzene rings is 2. The molecule has 0 bridgehead atoms. The molecule has 0 atom stereocenters. The first-order valence-electron chi connectivity index (χ1n) is 7.01. The zero-order valence-electron chi connectivity index (χ0n) is 12.4. The Bertz CT molecular complexity index is 930. The number of methoxy groups -OCH3 is 1. The van der Waals surface area contributed by atoms with Gasteiger partial charge in [0, 0.05) is 17.0 Å². The lowest BCUT2D eigenvalue weighted by Crippen LogP contribution is -2.01. The molecule has 4 nitrogen and oxygen atoms in total. The summed E-state index contributed by atoms with van der Waals surface area (Å²) in [5.74, 6) is 0.709. The van der Waals surface area contributed by atoms with Gasteiger partial charge in [-0.25, -0.2) is 0 Å². The minimum absolute atomic E-state index is 0.0224. The van der Waals surface area contributed by atoms with Gasteiger partial charge in [-0.05, 0) is 12.1 Å². The van der Waals surface area contributed by atoms with E-state index in [0.717, 1.165) is 5.39 Å². The van der Waals surface area contributed by atoms with E-state index in [9.17, 15) is 10.1 Å². The van der Waals surface area contributed by atoms with Crippen molar-refractivity contribution in [3.63, 3.8) is 0 Å². The van der Waals surface area contributed by atoms with Crippen molar-refractivity contribution in [2.45, 2.75) is 0 Å². The van der Waals surface area contributed by atoms with E-state index in [1.54, 1.807) is 43.5 Å². The van der Waals surface area contributed by atoms with Crippen molar-refractivity contribution in [2.24, 2.45) is 0 Å². The van der Waals surface area contributed by atoms with Gasteiger partial charge in [-0.15, -0.1) is 0 Å². The highest BCUT2D eigenvalue weighted by molar-refractivity contribution is 6.14. The van der Waals surface area contributed by atoms with E-state index in [0.29, 0.717) is 22.7 Å². The number of nitriles is 1. The fourth-order valence-electron chi connectivity index (χ4n) is 2.32. The van der Waals surface area contributed by atoms with E-state index in [2.05, 4.69) is 0 Å². The third-order valence-corrected chi connectivity index (χ3v) is 3.43. The maximum atomic E-state index is 12.4. The topological polar surface area (TPSA) is 63.2 Å². The number of fused-ring (bicyclic) bond motifs is 1. The van der Waals surface area contributed by atoms with Crippen molar-refractivity contribution in [3.8, 4) is 11.8 Å². The van der Waals surface area contributed by atoms with Crippen LogP contribution in [0.15, 0.2) is 64.6 Å². The minimum atomic E-state index is -0.333. The van der Waals surface area contributed by atoms with Gasteiger partial charge in [0.15, 0.2) is 11.3 Å². The number of carbonyl (C=O) groups excluding carboxylic acids is 1. The number of carbonyl (C=O) groups is 1. The summed E-state index contributed by atoms with van der Waals surface area (Å²) in [4.78, 5) is 12.4. The zero-order chi connectivity index (χ0) is 16.2. The highest BCUT2D eigenvalue weighted by atomic mass is 16.5. The summed E-state index contributed by atoms with van der Waals surface area (Å²) < 4.78 is 10.9. The third kappa shape index (κ3) is 2.85. The largest absolute Gasteiger partial charge is 0.493 e. The van der Waals surface area contributed by atoms with Crippen LogP contribution in [0, 0.1) is 11.3 Å². The first-order chi connectivity index (χ1) is 11.2. The molecule has 3 rings (SSSR count). The average molecular weight is 303 g/mol. The second kappa shape index (κ2) is 6.20. The third-order valence-electron chi connectivity index (χ3n) is 3.43. The molecule has 0 aliphatic heterocycles. The smallest absolute Gasteiger partial charge is 0.203 e. The number of hydrogen-bond acceptors (Lipinski definition) is 4. The summed E-state index contributed by atoms with van der Waals surface area (Å²) in [6.07, 6.45) is 1.45. The lowest BCUT2D eigenvalue weighted by molar-refractivity contribution is 0.104. The molecule has 0 saturated heterocycles. The van der Waals surface area contributed by atoms with E-state index in [1.165, 1.54) is 6.08 Å². The second-order valence-electron chi connectivity index (χ2n) is 4.89. The van der Waals surface area contributed by atoms with Crippen molar-refractivity contribution in [2.75, 3.05) is 7.11 Å². The Morgan fingerprint density at radius 2 is 1.96 bits per heavy atom. The van der Waals surface area contributed by atoms with Crippen LogP contribution in [0.4, 0.5) is 0 Å². The Balaban J connectivity index is 2.02. The van der Waals surface area contributed by atoms with Gasteiger partial charge in [0.05, 0.1) is 7.11 Å². The van der Waals surface area contributed by atoms with Crippen molar-refractivity contribution in [1.29, 1.82) is 5.26 Å². The quantitative estimate of drug-likeness (QED) is 0.411. The molecule has 0 N–H and O–H groups in total. The van der Waals surface area contributed by atoms with Crippen LogP contribution >= 0.6 is 0 Å². The van der Waals surface area contributed by atoms with Gasteiger partial charge in [-0.3, -0.25) is 4.79 Å². The molecule has 2 aromatic carbocycles. The second-order valence-corrected chi connectivity index (χ2v) is 4.89. The molecule has 0 radical (unpaired) electrons. The maximum Gasteiger partial charge on any atom is 0.203 e. The lowest BCUT2D eigenvalue weighted by Gasteiger charge is -1.99. The normalized spacial score (nSPS) is 11.2. The summed E-state index contributed by atoms with van der Waals surface area (Å²) in [5, 5.41) is 10.1. The van der Waals surface area contributed by atoms with Gasteiger partial charge in [0.1, 0.15) is 17.4 Å². The molecule has 0 aliphatic rings.